The Hall–Kier alpha value is -3.53. The summed E-state index contributed by atoms with van der Waals surface area (Å²) in [5.74, 6) is -2.36. The fourth-order valence-corrected chi connectivity index (χ4v) is 3.12. The largest absolute Gasteiger partial charge is 0.433 e. The van der Waals surface area contributed by atoms with Crippen molar-refractivity contribution in [3.63, 3.8) is 0 Å². The summed E-state index contributed by atoms with van der Waals surface area (Å²) in [5.41, 5.74) is 0.0840. The Morgan fingerprint density at radius 2 is 1.77 bits per heavy atom. The summed E-state index contributed by atoms with van der Waals surface area (Å²) in [4.78, 5) is 20.4. The van der Waals surface area contributed by atoms with Gasteiger partial charge in [0, 0.05) is 5.56 Å². The van der Waals surface area contributed by atoms with E-state index in [0.29, 0.717) is 4.52 Å². The molecule has 0 aliphatic heterocycles. The lowest BCUT2D eigenvalue weighted by Gasteiger charge is -2.10. The van der Waals surface area contributed by atoms with E-state index in [1.54, 1.807) is 18.2 Å². The van der Waals surface area contributed by atoms with Crippen molar-refractivity contribution in [1.29, 1.82) is 0 Å². The first kappa shape index (κ1) is 20.7. The highest BCUT2D eigenvalue weighted by Crippen LogP contribution is 2.32. The molecule has 0 aliphatic rings. The van der Waals surface area contributed by atoms with Gasteiger partial charge in [-0.3, -0.25) is 4.79 Å². The number of benzene rings is 2. The molecule has 6 nitrogen and oxygen atoms in total. The summed E-state index contributed by atoms with van der Waals surface area (Å²) in [6.45, 7) is 1.81. The molecule has 11 heteroatoms. The van der Waals surface area contributed by atoms with E-state index in [9.17, 15) is 22.4 Å². The van der Waals surface area contributed by atoms with E-state index in [-0.39, 0.29) is 22.0 Å². The number of anilines is 1. The fraction of sp³-hybridized carbons (Fsp3) is 0.100. The van der Waals surface area contributed by atoms with Crippen LogP contribution in [0.3, 0.4) is 0 Å². The van der Waals surface area contributed by atoms with Crippen LogP contribution in [0.25, 0.3) is 17.0 Å². The molecule has 4 aromatic rings. The number of aryl methyl sites for hydroxylation is 1. The Morgan fingerprint density at radius 1 is 1.06 bits per heavy atom. The number of hydrogen-bond acceptors (Lipinski definition) is 4. The molecule has 0 saturated carbocycles. The molecule has 0 spiro atoms. The molecule has 1 N–H and O–H groups in total. The van der Waals surface area contributed by atoms with Gasteiger partial charge in [0.05, 0.1) is 16.4 Å². The first-order chi connectivity index (χ1) is 14.6. The van der Waals surface area contributed by atoms with E-state index < -0.39 is 35.2 Å². The van der Waals surface area contributed by atoms with Gasteiger partial charge in [-0.05, 0) is 55.0 Å². The van der Waals surface area contributed by atoms with E-state index >= 15 is 0 Å². The highest BCUT2D eigenvalue weighted by Gasteiger charge is 2.36. The number of fused-ring (bicyclic) bond motifs is 1. The minimum Gasteiger partial charge on any atom is -0.318 e. The maximum absolute atomic E-state index is 13.6. The zero-order valence-corrected chi connectivity index (χ0v) is 16.5. The fourth-order valence-electron chi connectivity index (χ4n) is 2.83. The number of aromatic nitrogens is 4. The van der Waals surface area contributed by atoms with Crippen LogP contribution in [-0.2, 0) is 6.18 Å². The van der Waals surface area contributed by atoms with E-state index in [1.807, 2.05) is 6.92 Å². The van der Waals surface area contributed by atoms with Gasteiger partial charge < -0.3 is 5.32 Å². The van der Waals surface area contributed by atoms with Gasteiger partial charge in [-0.2, -0.15) is 22.7 Å². The molecular weight excluding hydrogens is 438 g/mol. The number of halogens is 5. The molecule has 0 radical (unpaired) electrons. The number of carbonyl (C=O) groups is 1. The Bertz CT molecular complexity index is 1300. The Morgan fingerprint density at radius 3 is 2.42 bits per heavy atom. The molecule has 0 aliphatic carbocycles. The molecular formula is C20H12ClF4N5O. The molecule has 31 heavy (non-hydrogen) atoms. The van der Waals surface area contributed by atoms with Crippen LogP contribution in [-0.4, -0.2) is 25.5 Å². The van der Waals surface area contributed by atoms with E-state index in [0.717, 1.165) is 23.8 Å². The smallest absolute Gasteiger partial charge is 0.318 e. The molecule has 158 valence electrons. The minimum atomic E-state index is -4.81. The number of nitrogens with zero attached hydrogens (tertiary/aromatic N) is 4. The molecule has 0 atom stereocenters. The van der Waals surface area contributed by atoms with Crippen LogP contribution in [0.1, 0.15) is 21.9 Å². The molecule has 0 fully saturated rings. The molecule has 2 aromatic carbocycles. The van der Waals surface area contributed by atoms with Crippen molar-refractivity contribution < 1.29 is 22.4 Å². The van der Waals surface area contributed by atoms with Gasteiger partial charge in [-0.1, -0.05) is 17.7 Å². The molecule has 1 amide bonds. The second-order valence-corrected chi connectivity index (χ2v) is 7.02. The average molecular weight is 450 g/mol. The minimum absolute atomic E-state index is 0.0965. The number of hydrogen-bond donors (Lipinski definition) is 1. The summed E-state index contributed by atoms with van der Waals surface area (Å²) in [5, 5.41) is 6.40. The van der Waals surface area contributed by atoms with Gasteiger partial charge >= 0.3 is 6.18 Å². The monoisotopic (exact) mass is 449 g/mol. The maximum Gasteiger partial charge on any atom is 0.433 e. The quantitative estimate of drug-likeness (QED) is 0.438. The lowest BCUT2D eigenvalue weighted by Crippen LogP contribution is -2.16. The molecule has 0 unspecified atom stereocenters. The van der Waals surface area contributed by atoms with Crippen molar-refractivity contribution in [1.82, 2.24) is 19.6 Å². The van der Waals surface area contributed by atoms with Gasteiger partial charge in [0.25, 0.3) is 11.7 Å². The summed E-state index contributed by atoms with van der Waals surface area (Å²) in [7, 11) is 0. The number of carbonyl (C=O) groups excluding carboxylic acids is 1. The number of alkyl halides is 3. The standard InChI is InChI=1S/C20H12ClF4N5O/c1-10-2-7-14(13(21)8-10)26-18(31)17-28-19-27-15(11-3-5-12(22)6-4-11)9-16(20(23,24)25)30(19)29-17/h2-9H,1H3,(H,26,31). The summed E-state index contributed by atoms with van der Waals surface area (Å²) in [6.07, 6.45) is -4.81. The van der Waals surface area contributed by atoms with Gasteiger partial charge in [0.15, 0.2) is 5.69 Å². The number of amides is 1. The van der Waals surface area contributed by atoms with E-state index in [4.69, 9.17) is 11.6 Å². The van der Waals surface area contributed by atoms with Crippen LogP contribution >= 0.6 is 11.6 Å². The van der Waals surface area contributed by atoms with Crippen molar-refractivity contribution >= 4 is 29.0 Å². The zero-order chi connectivity index (χ0) is 22.3. The van der Waals surface area contributed by atoms with Crippen LogP contribution < -0.4 is 5.32 Å². The van der Waals surface area contributed by atoms with E-state index in [1.165, 1.54) is 12.1 Å². The maximum atomic E-state index is 13.6. The topological polar surface area (TPSA) is 72.2 Å². The van der Waals surface area contributed by atoms with Gasteiger partial charge in [-0.25, -0.2) is 9.37 Å². The van der Waals surface area contributed by atoms with Crippen molar-refractivity contribution in [3.05, 3.63) is 76.5 Å². The summed E-state index contributed by atoms with van der Waals surface area (Å²) < 4.78 is 54.5. The third-order valence-corrected chi connectivity index (χ3v) is 4.63. The molecule has 2 heterocycles. The Labute approximate surface area is 177 Å². The van der Waals surface area contributed by atoms with Crippen molar-refractivity contribution in [2.45, 2.75) is 13.1 Å². The van der Waals surface area contributed by atoms with Crippen LogP contribution in [0, 0.1) is 12.7 Å². The van der Waals surface area contributed by atoms with Crippen molar-refractivity contribution in [2.75, 3.05) is 5.32 Å². The van der Waals surface area contributed by atoms with Crippen LogP contribution in [0.4, 0.5) is 23.2 Å². The SMILES string of the molecule is Cc1ccc(NC(=O)c2nc3nc(-c4ccc(F)cc4)cc(C(F)(F)F)n3n2)c(Cl)c1. The second-order valence-electron chi connectivity index (χ2n) is 6.62. The van der Waals surface area contributed by atoms with Crippen molar-refractivity contribution in [3.8, 4) is 11.3 Å². The lowest BCUT2D eigenvalue weighted by atomic mass is 10.1. The molecule has 0 saturated heterocycles. The highest BCUT2D eigenvalue weighted by atomic mass is 35.5. The van der Waals surface area contributed by atoms with E-state index in [2.05, 4.69) is 20.4 Å². The van der Waals surface area contributed by atoms with Gasteiger partial charge in [0.2, 0.25) is 5.82 Å². The molecule has 0 bridgehead atoms. The normalized spacial score (nSPS) is 11.7. The van der Waals surface area contributed by atoms with Gasteiger partial charge in [-0.15, -0.1) is 5.10 Å². The average Bonchev–Trinajstić information content (AvgIpc) is 3.13. The lowest BCUT2D eigenvalue weighted by molar-refractivity contribution is -0.142. The van der Waals surface area contributed by atoms with Gasteiger partial charge in [0.1, 0.15) is 5.82 Å². The second kappa shape index (κ2) is 7.62. The Kier molecular flexibility index (Phi) is 5.10. The van der Waals surface area contributed by atoms with Crippen LogP contribution in [0.5, 0.6) is 0 Å². The summed E-state index contributed by atoms with van der Waals surface area (Å²) >= 11 is 6.08. The van der Waals surface area contributed by atoms with Crippen LogP contribution in [0.15, 0.2) is 48.5 Å². The van der Waals surface area contributed by atoms with Crippen molar-refractivity contribution in [2.24, 2.45) is 0 Å². The third-order valence-electron chi connectivity index (χ3n) is 4.32. The molecule has 4 rings (SSSR count). The first-order valence-corrected chi connectivity index (χ1v) is 9.18. The predicted molar refractivity (Wildman–Crippen MR) is 105 cm³/mol. The third kappa shape index (κ3) is 4.19. The number of rotatable bonds is 3. The predicted octanol–water partition coefficient (Wildman–Crippen LogP) is 5.16. The summed E-state index contributed by atoms with van der Waals surface area (Å²) in [6, 6.07) is 10.4. The highest BCUT2D eigenvalue weighted by molar-refractivity contribution is 6.34. The Balaban J connectivity index is 1.78. The first-order valence-electron chi connectivity index (χ1n) is 8.80. The van der Waals surface area contributed by atoms with Crippen LogP contribution in [0.2, 0.25) is 5.02 Å². The number of nitrogens with one attached hydrogen (secondary N) is 1. The molecule has 2 aromatic heterocycles. The zero-order valence-electron chi connectivity index (χ0n) is 15.7.